The molecule has 30 heavy (non-hydrogen) atoms. The highest BCUT2D eigenvalue weighted by molar-refractivity contribution is 7.99. The molecular formula is C22H29N3O4S. The molecule has 2 aromatic rings. The predicted octanol–water partition coefficient (Wildman–Crippen LogP) is 3.55. The summed E-state index contributed by atoms with van der Waals surface area (Å²) in [7, 11) is 0. The molecule has 1 amide bonds. The second-order valence-electron chi connectivity index (χ2n) is 7.70. The lowest BCUT2D eigenvalue weighted by molar-refractivity contribution is -0.128. The average molecular weight is 432 g/mol. The van der Waals surface area contributed by atoms with Crippen molar-refractivity contribution in [2.75, 3.05) is 25.7 Å². The van der Waals surface area contributed by atoms with E-state index in [4.69, 9.17) is 19.2 Å². The molecule has 0 unspecified atom stereocenters. The minimum atomic E-state index is 0.0992. The van der Waals surface area contributed by atoms with Crippen LogP contribution in [0, 0.1) is 13.8 Å². The molecule has 1 atom stereocenters. The van der Waals surface area contributed by atoms with E-state index in [2.05, 4.69) is 11.5 Å². The highest BCUT2D eigenvalue weighted by Gasteiger charge is 2.22. The van der Waals surface area contributed by atoms with Gasteiger partial charge in [0.25, 0.3) is 0 Å². The highest BCUT2D eigenvalue weighted by Crippen LogP contribution is 2.33. The summed E-state index contributed by atoms with van der Waals surface area (Å²) in [6.07, 6.45) is 2.44. The second kappa shape index (κ2) is 9.31. The molecule has 0 bridgehead atoms. The van der Waals surface area contributed by atoms with E-state index in [9.17, 15) is 4.79 Å². The average Bonchev–Trinajstić information content (AvgIpc) is 3.48. The topological polar surface area (TPSA) is 65.8 Å². The molecule has 1 saturated heterocycles. The number of ether oxygens (including phenoxy) is 3. The van der Waals surface area contributed by atoms with Gasteiger partial charge in [0.15, 0.2) is 16.7 Å². The van der Waals surface area contributed by atoms with Gasteiger partial charge in [0.1, 0.15) is 0 Å². The van der Waals surface area contributed by atoms with Crippen molar-refractivity contribution in [3.8, 4) is 11.5 Å². The fourth-order valence-electron chi connectivity index (χ4n) is 3.79. The number of carbonyl (C=O) groups excluding carboxylic acids is 1. The Morgan fingerprint density at radius 3 is 2.90 bits per heavy atom. The third-order valence-corrected chi connectivity index (χ3v) is 6.66. The van der Waals surface area contributed by atoms with Gasteiger partial charge in [-0.05, 0) is 51.3 Å². The minimum Gasteiger partial charge on any atom is -0.454 e. The number of fused-ring (bicyclic) bond motifs is 1. The maximum absolute atomic E-state index is 12.9. The zero-order valence-corrected chi connectivity index (χ0v) is 18.7. The molecule has 0 N–H and O–H groups in total. The summed E-state index contributed by atoms with van der Waals surface area (Å²) >= 11 is 1.51. The Morgan fingerprint density at radius 1 is 1.30 bits per heavy atom. The summed E-state index contributed by atoms with van der Waals surface area (Å²) in [5.74, 6) is 1.96. The van der Waals surface area contributed by atoms with Crippen LogP contribution in [0.1, 0.15) is 36.7 Å². The van der Waals surface area contributed by atoms with Crippen molar-refractivity contribution < 1.29 is 19.0 Å². The number of carbonyl (C=O) groups is 1. The molecule has 1 aromatic carbocycles. The van der Waals surface area contributed by atoms with Crippen LogP contribution in [-0.4, -0.2) is 52.2 Å². The summed E-state index contributed by atoms with van der Waals surface area (Å²) in [5.41, 5.74) is 3.19. The van der Waals surface area contributed by atoms with Crippen LogP contribution >= 0.6 is 11.8 Å². The Morgan fingerprint density at radius 2 is 2.13 bits per heavy atom. The molecule has 162 valence electrons. The van der Waals surface area contributed by atoms with Gasteiger partial charge in [0.05, 0.1) is 24.1 Å². The van der Waals surface area contributed by atoms with E-state index in [-0.39, 0.29) is 18.8 Å². The quantitative estimate of drug-likeness (QED) is 0.596. The van der Waals surface area contributed by atoms with Crippen LogP contribution in [0.5, 0.6) is 11.5 Å². The molecule has 0 radical (unpaired) electrons. The number of thioether (sulfide) groups is 1. The van der Waals surface area contributed by atoms with Crippen molar-refractivity contribution in [3.05, 3.63) is 35.2 Å². The Balaban J connectivity index is 1.39. The lowest BCUT2D eigenvalue weighted by Gasteiger charge is -2.21. The molecule has 1 fully saturated rings. The maximum atomic E-state index is 12.9. The molecule has 3 heterocycles. The Labute approximate surface area is 181 Å². The van der Waals surface area contributed by atoms with Gasteiger partial charge >= 0.3 is 0 Å². The van der Waals surface area contributed by atoms with Gasteiger partial charge in [-0.25, -0.2) is 4.98 Å². The van der Waals surface area contributed by atoms with Crippen LogP contribution in [0.2, 0.25) is 0 Å². The van der Waals surface area contributed by atoms with E-state index in [1.54, 1.807) is 0 Å². The van der Waals surface area contributed by atoms with Crippen LogP contribution in [-0.2, 0) is 22.6 Å². The predicted molar refractivity (Wildman–Crippen MR) is 115 cm³/mol. The largest absolute Gasteiger partial charge is 0.454 e. The number of amides is 1. The van der Waals surface area contributed by atoms with Crippen molar-refractivity contribution in [1.29, 1.82) is 0 Å². The van der Waals surface area contributed by atoms with Gasteiger partial charge in [0.2, 0.25) is 12.7 Å². The number of imidazole rings is 1. The van der Waals surface area contributed by atoms with Crippen molar-refractivity contribution in [2.45, 2.75) is 58.0 Å². The van der Waals surface area contributed by atoms with Gasteiger partial charge in [-0.2, -0.15) is 0 Å². The molecule has 8 heteroatoms. The first-order valence-electron chi connectivity index (χ1n) is 10.5. The molecule has 0 aliphatic carbocycles. The Bertz CT molecular complexity index is 908. The van der Waals surface area contributed by atoms with Crippen LogP contribution < -0.4 is 9.47 Å². The molecular weight excluding hydrogens is 402 g/mol. The number of aryl methyl sites for hydroxylation is 1. The van der Waals surface area contributed by atoms with Gasteiger partial charge in [0, 0.05) is 25.4 Å². The van der Waals surface area contributed by atoms with Gasteiger partial charge in [-0.1, -0.05) is 17.8 Å². The normalized spacial score (nSPS) is 17.5. The molecule has 2 aliphatic heterocycles. The first kappa shape index (κ1) is 21.1. The smallest absolute Gasteiger partial charge is 0.233 e. The van der Waals surface area contributed by atoms with E-state index >= 15 is 0 Å². The minimum absolute atomic E-state index is 0.0992. The van der Waals surface area contributed by atoms with E-state index in [0.717, 1.165) is 59.6 Å². The Kier molecular flexibility index (Phi) is 6.53. The summed E-state index contributed by atoms with van der Waals surface area (Å²) in [6.45, 7) is 9.20. The van der Waals surface area contributed by atoms with Crippen molar-refractivity contribution in [2.24, 2.45) is 0 Å². The summed E-state index contributed by atoms with van der Waals surface area (Å²) < 4.78 is 18.8. The van der Waals surface area contributed by atoms with Gasteiger partial charge in [-0.3, -0.25) is 4.79 Å². The first-order chi connectivity index (χ1) is 14.5. The molecule has 0 saturated carbocycles. The Hall–Kier alpha value is -2.19. The molecule has 2 aliphatic rings. The second-order valence-corrected chi connectivity index (χ2v) is 8.64. The van der Waals surface area contributed by atoms with Crippen LogP contribution in [0.4, 0.5) is 0 Å². The fraction of sp³-hybridized carbons (Fsp3) is 0.545. The number of benzene rings is 1. The molecule has 1 aromatic heterocycles. The van der Waals surface area contributed by atoms with Crippen molar-refractivity contribution in [1.82, 2.24) is 14.5 Å². The van der Waals surface area contributed by atoms with Crippen molar-refractivity contribution >= 4 is 17.7 Å². The number of aromatic nitrogens is 2. The maximum Gasteiger partial charge on any atom is 0.233 e. The van der Waals surface area contributed by atoms with E-state index in [1.165, 1.54) is 11.8 Å². The number of hydrogen-bond acceptors (Lipinski definition) is 6. The first-order valence-corrected chi connectivity index (χ1v) is 11.5. The molecule has 0 spiro atoms. The summed E-state index contributed by atoms with van der Waals surface area (Å²) in [6, 6.07) is 5.84. The summed E-state index contributed by atoms with van der Waals surface area (Å²) in [5, 5.41) is 0.896. The van der Waals surface area contributed by atoms with Crippen molar-refractivity contribution in [3.63, 3.8) is 0 Å². The number of hydrogen-bond donors (Lipinski definition) is 0. The zero-order chi connectivity index (χ0) is 21.1. The van der Waals surface area contributed by atoms with E-state index < -0.39 is 0 Å². The fourth-order valence-corrected chi connectivity index (χ4v) is 4.80. The molecule has 4 rings (SSSR count). The lowest BCUT2D eigenvalue weighted by Crippen LogP contribution is -2.31. The number of nitrogens with zero attached hydrogens (tertiary/aromatic N) is 3. The van der Waals surface area contributed by atoms with E-state index in [1.807, 2.05) is 36.9 Å². The van der Waals surface area contributed by atoms with E-state index in [0.29, 0.717) is 18.8 Å². The monoisotopic (exact) mass is 431 g/mol. The third-order valence-electron chi connectivity index (χ3n) is 5.70. The van der Waals surface area contributed by atoms with Crippen LogP contribution in [0.3, 0.4) is 0 Å². The molecule has 7 nitrogen and oxygen atoms in total. The lowest BCUT2D eigenvalue weighted by atomic mass is 10.2. The summed E-state index contributed by atoms with van der Waals surface area (Å²) in [4.78, 5) is 19.5. The standard InChI is InChI=1S/C22H29N3O4S/c1-4-24(11-17-7-8-19-20(10-17)29-14-28-19)21(26)13-30-22-23-15(2)16(3)25(22)12-18-6-5-9-27-18/h7-8,10,18H,4-6,9,11-14H2,1-3H3/t18-/m1/s1. The number of rotatable bonds is 8. The SMILES string of the molecule is CCN(Cc1ccc2c(c1)OCO2)C(=O)CSc1nc(C)c(C)n1C[C@H]1CCCO1. The zero-order valence-electron chi connectivity index (χ0n) is 17.8. The van der Waals surface area contributed by atoms with Gasteiger partial charge < -0.3 is 23.7 Å². The highest BCUT2D eigenvalue weighted by atomic mass is 32.2. The van der Waals surface area contributed by atoms with Crippen LogP contribution in [0.15, 0.2) is 23.4 Å². The van der Waals surface area contributed by atoms with Crippen LogP contribution in [0.25, 0.3) is 0 Å². The third kappa shape index (κ3) is 4.59. The van der Waals surface area contributed by atoms with Gasteiger partial charge in [-0.15, -0.1) is 0 Å².